The van der Waals surface area contributed by atoms with Crippen molar-refractivity contribution in [3.8, 4) is 0 Å². The third kappa shape index (κ3) is 1.97. The molecule has 7 heteroatoms. The number of hydrogen-bond donors (Lipinski definition) is 6. The molecular weight excluding hydrogens is 232 g/mol. The zero-order valence-corrected chi connectivity index (χ0v) is 9.18. The standard InChI is InChI=1S/C10H18O7/c11-3-6-8(14)9(15)10(16)2-5(13)4(12)1-7(10)17-6/h4-9,11-16H,1-3H2/t4-,5+,6+,7?,8-,9-,10+/m0/s1. The topological polar surface area (TPSA) is 131 Å². The molecule has 17 heavy (non-hydrogen) atoms. The summed E-state index contributed by atoms with van der Waals surface area (Å²) in [4.78, 5) is 0. The van der Waals surface area contributed by atoms with Gasteiger partial charge in [0.15, 0.2) is 0 Å². The fourth-order valence-electron chi connectivity index (χ4n) is 2.61. The van der Waals surface area contributed by atoms with Gasteiger partial charge < -0.3 is 35.4 Å². The lowest BCUT2D eigenvalue weighted by atomic mass is 9.71. The first-order chi connectivity index (χ1) is 7.90. The Kier molecular flexibility index (Phi) is 3.43. The Labute approximate surface area is 97.9 Å². The Bertz CT molecular complexity index is 286. The highest BCUT2D eigenvalue weighted by molar-refractivity contribution is 5.08. The fourth-order valence-corrected chi connectivity index (χ4v) is 2.61. The summed E-state index contributed by atoms with van der Waals surface area (Å²) in [6.07, 6.45) is -7.44. The molecule has 0 radical (unpaired) electrons. The predicted octanol–water partition coefficient (Wildman–Crippen LogP) is -3.29. The van der Waals surface area contributed by atoms with Crippen LogP contribution in [0.2, 0.25) is 0 Å². The summed E-state index contributed by atoms with van der Waals surface area (Å²) in [5, 5.41) is 57.7. The molecule has 6 N–H and O–H groups in total. The average Bonchev–Trinajstić information content (AvgIpc) is 2.28. The van der Waals surface area contributed by atoms with Gasteiger partial charge in [0, 0.05) is 12.8 Å². The largest absolute Gasteiger partial charge is 0.394 e. The van der Waals surface area contributed by atoms with Crippen molar-refractivity contribution < 1.29 is 35.4 Å². The van der Waals surface area contributed by atoms with Crippen LogP contribution in [0.25, 0.3) is 0 Å². The molecule has 1 aliphatic carbocycles. The Morgan fingerprint density at radius 1 is 1.12 bits per heavy atom. The van der Waals surface area contributed by atoms with Crippen LogP contribution in [0.15, 0.2) is 0 Å². The van der Waals surface area contributed by atoms with Crippen molar-refractivity contribution in [2.45, 2.75) is 55.1 Å². The lowest BCUT2D eigenvalue weighted by molar-refractivity contribution is -0.301. The van der Waals surface area contributed by atoms with E-state index in [1.165, 1.54) is 0 Å². The summed E-state index contributed by atoms with van der Waals surface area (Å²) in [5.41, 5.74) is -1.80. The summed E-state index contributed by atoms with van der Waals surface area (Å²) in [7, 11) is 0. The van der Waals surface area contributed by atoms with E-state index < -0.39 is 48.8 Å². The van der Waals surface area contributed by atoms with Crippen molar-refractivity contribution in [1.29, 1.82) is 0 Å². The van der Waals surface area contributed by atoms with Crippen LogP contribution in [0.4, 0.5) is 0 Å². The molecule has 2 fully saturated rings. The number of ether oxygens (including phenoxy) is 1. The molecule has 0 bridgehead atoms. The number of aliphatic hydroxyl groups excluding tert-OH is 5. The van der Waals surface area contributed by atoms with E-state index in [1.807, 2.05) is 0 Å². The van der Waals surface area contributed by atoms with Gasteiger partial charge in [0.25, 0.3) is 0 Å². The Morgan fingerprint density at radius 3 is 2.35 bits per heavy atom. The van der Waals surface area contributed by atoms with Gasteiger partial charge in [0.2, 0.25) is 0 Å². The van der Waals surface area contributed by atoms with Crippen LogP contribution < -0.4 is 0 Å². The third-order valence-electron chi connectivity index (χ3n) is 3.73. The maximum atomic E-state index is 10.2. The predicted molar refractivity (Wildman–Crippen MR) is 54.0 cm³/mol. The molecule has 1 unspecified atom stereocenters. The number of aliphatic hydroxyl groups is 6. The van der Waals surface area contributed by atoms with Crippen LogP contribution >= 0.6 is 0 Å². The molecule has 1 aliphatic heterocycles. The van der Waals surface area contributed by atoms with Gasteiger partial charge in [-0.15, -0.1) is 0 Å². The smallest absolute Gasteiger partial charge is 0.122 e. The van der Waals surface area contributed by atoms with E-state index in [-0.39, 0.29) is 12.8 Å². The lowest BCUT2D eigenvalue weighted by Crippen LogP contribution is -2.70. The van der Waals surface area contributed by atoms with Crippen molar-refractivity contribution in [2.24, 2.45) is 0 Å². The van der Waals surface area contributed by atoms with E-state index >= 15 is 0 Å². The maximum Gasteiger partial charge on any atom is 0.122 e. The Morgan fingerprint density at radius 2 is 1.76 bits per heavy atom. The van der Waals surface area contributed by atoms with Crippen molar-refractivity contribution >= 4 is 0 Å². The van der Waals surface area contributed by atoms with Crippen LogP contribution in [0.1, 0.15) is 12.8 Å². The quantitative estimate of drug-likeness (QED) is 0.287. The average molecular weight is 250 g/mol. The van der Waals surface area contributed by atoms with Crippen LogP contribution in [0, 0.1) is 0 Å². The first kappa shape index (κ1) is 13.2. The maximum absolute atomic E-state index is 10.2. The monoisotopic (exact) mass is 250 g/mol. The molecule has 0 aromatic heterocycles. The van der Waals surface area contributed by atoms with E-state index in [4.69, 9.17) is 9.84 Å². The van der Waals surface area contributed by atoms with E-state index in [2.05, 4.69) is 0 Å². The molecule has 2 rings (SSSR count). The van der Waals surface area contributed by atoms with Crippen LogP contribution in [-0.2, 0) is 4.74 Å². The lowest BCUT2D eigenvalue weighted by Gasteiger charge is -2.52. The van der Waals surface area contributed by atoms with Gasteiger partial charge in [-0.1, -0.05) is 0 Å². The normalized spacial score (nSPS) is 55.4. The fraction of sp³-hybridized carbons (Fsp3) is 1.00. The van der Waals surface area contributed by atoms with Gasteiger partial charge in [-0.05, 0) is 0 Å². The van der Waals surface area contributed by atoms with E-state index in [1.54, 1.807) is 0 Å². The van der Waals surface area contributed by atoms with Gasteiger partial charge in [0.05, 0.1) is 24.9 Å². The first-order valence-corrected chi connectivity index (χ1v) is 5.61. The van der Waals surface area contributed by atoms with Gasteiger partial charge in [-0.2, -0.15) is 0 Å². The van der Waals surface area contributed by atoms with E-state index in [0.29, 0.717) is 0 Å². The third-order valence-corrected chi connectivity index (χ3v) is 3.73. The van der Waals surface area contributed by atoms with Crippen molar-refractivity contribution in [3.05, 3.63) is 0 Å². The van der Waals surface area contributed by atoms with Gasteiger partial charge in [0.1, 0.15) is 23.9 Å². The van der Waals surface area contributed by atoms with E-state index in [9.17, 15) is 25.5 Å². The van der Waals surface area contributed by atoms with Crippen LogP contribution in [0.5, 0.6) is 0 Å². The number of rotatable bonds is 1. The zero-order valence-electron chi connectivity index (χ0n) is 9.18. The minimum atomic E-state index is -1.80. The SMILES string of the molecule is OC[C@H]1OC2C[C@H](O)[C@H](O)C[C@]2(O)[C@@H](O)[C@H]1O. The molecule has 7 atom stereocenters. The molecule has 1 heterocycles. The van der Waals surface area contributed by atoms with E-state index in [0.717, 1.165) is 0 Å². The van der Waals surface area contributed by atoms with Gasteiger partial charge in [-0.3, -0.25) is 0 Å². The molecule has 0 amide bonds. The zero-order chi connectivity index (χ0) is 12.8. The molecule has 0 aromatic rings. The summed E-state index contributed by atoms with van der Waals surface area (Å²) < 4.78 is 5.26. The number of fused-ring (bicyclic) bond motifs is 1. The number of hydrogen-bond acceptors (Lipinski definition) is 7. The summed E-state index contributed by atoms with van der Waals surface area (Å²) in [5.74, 6) is 0. The molecule has 1 saturated carbocycles. The minimum Gasteiger partial charge on any atom is -0.394 e. The van der Waals surface area contributed by atoms with Gasteiger partial charge in [-0.25, -0.2) is 0 Å². The van der Waals surface area contributed by atoms with Crippen LogP contribution in [0.3, 0.4) is 0 Å². The van der Waals surface area contributed by atoms with Crippen molar-refractivity contribution in [3.63, 3.8) is 0 Å². The van der Waals surface area contributed by atoms with Gasteiger partial charge >= 0.3 is 0 Å². The highest BCUT2D eigenvalue weighted by Gasteiger charge is 2.58. The molecule has 1 saturated heterocycles. The molecule has 7 nitrogen and oxygen atoms in total. The second-order valence-electron chi connectivity index (χ2n) is 4.85. The van der Waals surface area contributed by atoms with Crippen LogP contribution in [-0.4, -0.2) is 79.5 Å². The summed E-state index contributed by atoms with van der Waals surface area (Å²) >= 11 is 0. The Hall–Kier alpha value is -0.280. The Balaban J connectivity index is 2.23. The summed E-state index contributed by atoms with van der Waals surface area (Å²) in [6.45, 7) is -0.497. The highest BCUT2D eigenvalue weighted by atomic mass is 16.5. The van der Waals surface area contributed by atoms with Crippen molar-refractivity contribution in [1.82, 2.24) is 0 Å². The first-order valence-electron chi connectivity index (χ1n) is 5.61. The minimum absolute atomic E-state index is 0.0576. The molecule has 100 valence electrons. The molecular formula is C10H18O7. The van der Waals surface area contributed by atoms with Crippen molar-refractivity contribution in [2.75, 3.05) is 6.61 Å². The second-order valence-corrected chi connectivity index (χ2v) is 4.85. The molecule has 0 spiro atoms. The highest BCUT2D eigenvalue weighted by Crippen LogP contribution is 2.39. The molecule has 0 aromatic carbocycles. The molecule has 2 aliphatic rings. The summed E-state index contributed by atoms with van der Waals surface area (Å²) in [6, 6.07) is 0. The second kappa shape index (κ2) is 4.43.